The van der Waals surface area contributed by atoms with Crippen molar-refractivity contribution in [3.63, 3.8) is 0 Å². The zero-order valence-corrected chi connectivity index (χ0v) is 16.9. The third kappa shape index (κ3) is 3.93. The summed E-state index contributed by atoms with van der Waals surface area (Å²) < 4.78 is 30.8. The molecule has 6 heteroatoms. The van der Waals surface area contributed by atoms with Gasteiger partial charge in [-0.1, -0.05) is 60.7 Å². The van der Waals surface area contributed by atoms with Crippen LogP contribution < -0.4 is 4.18 Å². The third-order valence-corrected chi connectivity index (χ3v) is 5.02. The first kappa shape index (κ1) is 19.0. The van der Waals surface area contributed by atoms with Crippen LogP contribution in [0.25, 0.3) is 28.3 Å². The second-order valence-electron chi connectivity index (χ2n) is 6.69. The van der Waals surface area contributed by atoms with E-state index < -0.39 is 10.1 Å². The van der Waals surface area contributed by atoms with E-state index in [0.717, 1.165) is 28.9 Å². The summed E-state index contributed by atoms with van der Waals surface area (Å²) in [6.45, 7) is 2.01. The molecule has 0 bridgehead atoms. The molecular weight excluding hydrogens is 384 g/mol. The van der Waals surface area contributed by atoms with E-state index in [-0.39, 0.29) is 5.75 Å². The molecule has 0 spiro atoms. The van der Waals surface area contributed by atoms with Gasteiger partial charge in [0.25, 0.3) is 0 Å². The number of hydrogen-bond donors (Lipinski definition) is 0. The van der Waals surface area contributed by atoms with Gasteiger partial charge in [-0.05, 0) is 31.2 Å². The average Bonchev–Trinajstić information content (AvgIpc) is 3.05. The Morgan fingerprint density at radius 3 is 2.07 bits per heavy atom. The highest BCUT2D eigenvalue weighted by atomic mass is 32.2. The largest absolute Gasteiger partial charge is 0.382 e. The van der Waals surface area contributed by atoms with E-state index in [4.69, 9.17) is 9.17 Å². The Bertz CT molecular complexity index is 1250. The molecule has 0 saturated heterocycles. The van der Waals surface area contributed by atoms with Gasteiger partial charge >= 0.3 is 10.1 Å². The van der Waals surface area contributed by atoms with Gasteiger partial charge in [-0.3, -0.25) is 4.57 Å². The maximum absolute atomic E-state index is 11.8. The molecule has 0 atom stereocenters. The number of nitrogens with zero attached hydrogens (tertiary/aromatic N) is 2. The van der Waals surface area contributed by atoms with Crippen LogP contribution in [0.3, 0.4) is 0 Å². The molecule has 4 aromatic rings. The molecular formula is C23H20N2O3S. The maximum atomic E-state index is 11.8. The molecule has 146 valence electrons. The average molecular weight is 404 g/mol. The normalized spacial score (nSPS) is 11.4. The van der Waals surface area contributed by atoms with Gasteiger partial charge in [0, 0.05) is 16.9 Å². The molecule has 0 fully saturated rings. The molecule has 1 heterocycles. The molecule has 0 amide bonds. The SMILES string of the molecule is Cc1c(-c2ccccc2)nc(-c2ccccc2OS(C)(=O)=O)n1-c1ccccc1. The Hall–Kier alpha value is -3.38. The quantitative estimate of drug-likeness (QED) is 0.446. The van der Waals surface area contributed by atoms with Crippen LogP contribution in [-0.4, -0.2) is 24.2 Å². The minimum Gasteiger partial charge on any atom is -0.382 e. The molecule has 5 nitrogen and oxygen atoms in total. The summed E-state index contributed by atoms with van der Waals surface area (Å²) in [7, 11) is -3.68. The fourth-order valence-electron chi connectivity index (χ4n) is 3.33. The van der Waals surface area contributed by atoms with Crippen molar-refractivity contribution in [2.45, 2.75) is 6.92 Å². The first-order valence-electron chi connectivity index (χ1n) is 9.13. The minimum atomic E-state index is -3.68. The highest BCUT2D eigenvalue weighted by Gasteiger charge is 2.21. The highest BCUT2D eigenvalue weighted by molar-refractivity contribution is 7.86. The van der Waals surface area contributed by atoms with Crippen LogP contribution >= 0.6 is 0 Å². The van der Waals surface area contributed by atoms with Crippen molar-refractivity contribution in [1.29, 1.82) is 0 Å². The van der Waals surface area contributed by atoms with Crippen LogP contribution in [-0.2, 0) is 10.1 Å². The van der Waals surface area contributed by atoms with Crippen molar-refractivity contribution in [1.82, 2.24) is 9.55 Å². The lowest BCUT2D eigenvalue weighted by Gasteiger charge is -2.13. The summed E-state index contributed by atoms with van der Waals surface area (Å²) >= 11 is 0. The Morgan fingerprint density at radius 1 is 0.828 bits per heavy atom. The third-order valence-electron chi connectivity index (χ3n) is 4.54. The number of hydrogen-bond acceptors (Lipinski definition) is 4. The summed E-state index contributed by atoms with van der Waals surface area (Å²) in [5.41, 5.74) is 4.31. The monoisotopic (exact) mass is 404 g/mol. The molecule has 0 radical (unpaired) electrons. The Labute approximate surface area is 170 Å². The fraction of sp³-hybridized carbons (Fsp3) is 0.0870. The molecule has 3 aromatic carbocycles. The molecule has 0 aliphatic heterocycles. The number of benzene rings is 3. The molecule has 0 saturated carbocycles. The summed E-state index contributed by atoms with van der Waals surface area (Å²) in [5, 5.41) is 0. The summed E-state index contributed by atoms with van der Waals surface area (Å²) in [5.74, 6) is 0.864. The smallest absolute Gasteiger partial charge is 0.306 e. The van der Waals surface area contributed by atoms with Crippen LogP contribution in [0, 0.1) is 6.92 Å². The lowest BCUT2D eigenvalue weighted by atomic mass is 10.1. The van der Waals surface area contributed by atoms with E-state index >= 15 is 0 Å². The first-order chi connectivity index (χ1) is 13.9. The van der Waals surface area contributed by atoms with Gasteiger partial charge in [0.15, 0.2) is 5.75 Å². The molecule has 0 aliphatic carbocycles. The summed E-state index contributed by atoms with van der Waals surface area (Å²) in [6, 6.07) is 26.8. The van der Waals surface area contributed by atoms with Gasteiger partial charge in [-0.2, -0.15) is 8.42 Å². The van der Waals surface area contributed by atoms with Crippen molar-refractivity contribution in [2.24, 2.45) is 0 Å². The van der Waals surface area contributed by atoms with Crippen LogP contribution in [0.4, 0.5) is 0 Å². The van der Waals surface area contributed by atoms with Gasteiger partial charge in [0.1, 0.15) is 5.82 Å². The van der Waals surface area contributed by atoms with Crippen LogP contribution in [0.2, 0.25) is 0 Å². The van der Waals surface area contributed by atoms with E-state index in [1.54, 1.807) is 12.1 Å². The number of imidazole rings is 1. The number of aromatic nitrogens is 2. The van der Waals surface area contributed by atoms with Crippen molar-refractivity contribution >= 4 is 10.1 Å². The van der Waals surface area contributed by atoms with Crippen molar-refractivity contribution in [3.8, 4) is 34.1 Å². The van der Waals surface area contributed by atoms with Crippen molar-refractivity contribution in [2.75, 3.05) is 6.26 Å². The number of rotatable bonds is 5. The van der Waals surface area contributed by atoms with Crippen molar-refractivity contribution in [3.05, 3.63) is 90.6 Å². The van der Waals surface area contributed by atoms with Gasteiger partial charge in [0.2, 0.25) is 0 Å². The van der Waals surface area contributed by atoms with Crippen LogP contribution in [0.15, 0.2) is 84.9 Å². The second-order valence-corrected chi connectivity index (χ2v) is 8.26. The minimum absolute atomic E-state index is 0.247. The predicted octanol–water partition coefficient (Wildman–Crippen LogP) is 4.85. The lowest BCUT2D eigenvalue weighted by molar-refractivity contribution is 0.493. The van der Waals surface area contributed by atoms with Gasteiger partial charge in [0.05, 0.1) is 17.5 Å². The first-order valence-corrected chi connectivity index (χ1v) is 10.9. The standard InChI is InChI=1S/C23H20N2O3S/c1-17-22(18-11-5-3-6-12-18)24-23(25(17)19-13-7-4-8-14-19)20-15-9-10-16-21(20)28-29(2,26)27/h3-16H,1-2H3. The van der Waals surface area contributed by atoms with E-state index in [1.165, 1.54) is 0 Å². The summed E-state index contributed by atoms with van der Waals surface area (Å²) in [6.07, 6.45) is 1.04. The molecule has 0 unspecified atom stereocenters. The Balaban J connectivity index is 1.99. The molecule has 0 aliphatic rings. The van der Waals surface area contributed by atoms with Crippen LogP contribution in [0.5, 0.6) is 5.75 Å². The Kier molecular flexibility index (Phi) is 4.94. The Morgan fingerprint density at radius 2 is 1.41 bits per heavy atom. The zero-order valence-electron chi connectivity index (χ0n) is 16.1. The van der Waals surface area contributed by atoms with Gasteiger partial charge in [-0.15, -0.1) is 0 Å². The van der Waals surface area contributed by atoms with E-state index in [9.17, 15) is 8.42 Å². The van der Waals surface area contributed by atoms with E-state index in [2.05, 4.69) is 0 Å². The highest BCUT2D eigenvalue weighted by Crippen LogP contribution is 2.36. The van der Waals surface area contributed by atoms with E-state index in [1.807, 2.05) is 84.3 Å². The topological polar surface area (TPSA) is 61.2 Å². The molecule has 0 N–H and O–H groups in total. The maximum Gasteiger partial charge on any atom is 0.306 e. The predicted molar refractivity (Wildman–Crippen MR) is 115 cm³/mol. The second kappa shape index (κ2) is 7.56. The molecule has 29 heavy (non-hydrogen) atoms. The summed E-state index contributed by atoms with van der Waals surface area (Å²) in [4.78, 5) is 4.91. The number of para-hydroxylation sites is 2. The van der Waals surface area contributed by atoms with Crippen LogP contribution in [0.1, 0.15) is 5.69 Å². The fourth-order valence-corrected chi connectivity index (χ4v) is 3.80. The van der Waals surface area contributed by atoms with Gasteiger partial charge < -0.3 is 4.18 Å². The van der Waals surface area contributed by atoms with E-state index in [0.29, 0.717) is 11.4 Å². The van der Waals surface area contributed by atoms with Crippen molar-refractivity contribution < 1.29 is 12.6 Å². The molecule has 4 rings (SSSR count). The molecule has 1 aromatic heterocycles. The van der Waals surface area contributed by atoms with Gasteiger partial charge in [-0.25, -0.2) is 4.98 Å². The lowest BCUT2D eigenvalue weighted by Crippen LogP contribution is -2.08. The zero-order chi connectivity index (χ0) is 20.4.